The Hall–Kier alpha value is -4.13. The third-order valence-corrected chi connectivity index (χ3v) is 6.77. The molecule has 0 aliphatic heterocycles. The predicted octanol–water partition coefficient (Wildman–Crippen LogP) is 5.76. The molecule has 0 unspecified atom stereocenters. The molecule has 0 bridgehead atoms. The number of aromatic nitrogens is 2. The van der Waals surface area contributed by atoms with Crippen LogP contribution in [0.5, 0.6) is 5.75 Å². The van der Waals surface area contributed by atoms with Gasteiger partial charge >= 0.3 is 18.3 Å². The van der Waals surface area contributed by atoms with Gasteiger partial charge in [0.2, 0.25) is 0 Å². The van der Waals surface area contributed by atoms with Crippen molar-refractivity contribution in [3.05, 3.63) is 89.6 Å². The summed E-state index contributed by atoms with van der Waals surface area (Å²) in [6, 6.07) is 13.6. The number of amides is 1. The Morgan fingerprint density at radius 1 is 1.05 bits per heavy atom. The summed E-state index contributed by atoms with van der Waals surface area (Å²) in [5.74, 6) is -2.42. The van der Waals surface area contributed by atoms with E-state index in [9.17, 15) is 26.7 Å². The van der Waals surface area contributed by atoms with Gasteiger partial charge in [-0.1, -0.05) is 18.6 Å². The summed E-state index contributed by atoms with van der Waals surface area (Å²) >= 11 is 0. The van der Waals surface area contributed by atoms with Crippen LogP contribution in [0.15, 0.2) is 60.7 Å². The lowest BCUT2D eigenvalue weighted by atomic mass is 9.79. The van der Waals surface area contributed by atoms with E-state index in [0.717, 1.165) is 24.8 Å². The molecular weight excluding hydrogens is 505 g/mol. The largest absolute Gasteiger partial charge is 0.483 e. The maximum Gasteiger partial charge on any atom is 0.471 e. The van der Waals surface area contributed by atoms with Gasteiger partial charge in [-0.2, -0.15) is 13.2 Å². The number of hydrogen-bond acceptors (Lipinski definition) is 2. The molecule has 1 aliphatic carbocycles. The number of nitrogens with zero attached hydrogens (tertiary/aromatic N) is 2. The van der Waals surface area contributed by atoms with Gasteiger partial charge in [-0.15, -0.1) is 0 Å². The fraction of sp³-hybridized carbons (Fsp3) is 0.286. The molecular formula is C28H23F5N3O2+. The van der Waals surface area contributed by atoms with Gasteiger partial charge in [-0.25, -0.2) is 8.78 Å². The number of carbonyl (C=O) groups is 1. The van der Waals surface area contributed by atoms with Crippen molar-refractivity contribution in [1.29, 1.82) is 0 Å². The van der Waals surface area contributed by atoms with E-state index in [2.05, 4.69) is 11.3 Å². The molecule has 0 spiro atoms. The van der Waals surface area contributed by atoms with Gasteiger partial charge < -0.3 is 10.1 Å². The Morgan fingerprint density at radius 3 is 2.26 bits per heavy atom. The van der Waals surface area contributed by atoms with E-state index in [-0.39, 0.29) is 11.7 Å². The number of alkyl halides is 3. The molecule has 1 amide bonds. The number of fused-ring (bicyclic) bond motifs is 1. The molecule has 38 heavy (non-hydrogen) atoms. The monoisotopic (exact) mass is 528 g/mol. The van der Waals surface area contributed by atoms with Crippen molar-refractivity contribution in [2.75, 3.05) is 0 Å². The molecule has 1 aromatic heterocycles. The first-order valence-electron chi connectivity index (χ1n) is 12.1. The Labute approximate surface area is 215 Å². The number of carbonyl (C=O) groups excluding carboxylic acids is 1. The molecule has 0 saturated heterocycles. The fourth-order valence-electron chi connectivity index (χ4n) is 4.54. The van der Waals surface area contributed by atoms with Crippen LogP contribution >= 0.6 is 0 Å². The van der Waals surface area contributed by atoms with Crippen molar-refractivity contribution in [3.63, 3.8) is 0 Å². The zero-order valence-electron chi connectivity index (χ0n) is 20.2. The zero-order chi connectivity index (χ0) is 27.0. The average Bonchev–Trinajstić information content (AvgIpc) is 3.24. The summed E-state index contributed by atoms with van der Waals surface area (Å²) in [5.41, 5.74) is 2.58. The second kappa shape index (κ2) is 9.97. The molecule has 3 aromatic carbocycles. The lowest BCUT2D eigenvalue weighted by Gasteiger charge is -2.31. The lowest BCUT2D eigenvalue weighted by Crippen LogP contribution is -2.45. The van der Waals surface area contributed by atoms with E-state index in [1.165, 1.54) is 43.3 Å². The molecule has 10 heteroatoms. The number of halogens is 5. The Balaban J connectivity index is 1.55. The summed E-state index contributed by atoms with van der Waals surface area (Å²) in [7, 11) is 0. The molecule has 1 aliphatic rings. The molecule has 5 nitrogen and oxygen atoms in total. The summed E-state index contributed by atoms with van der Waals surface area (Å²) in [6.45, 7) is 1.40. The van der Waals surface area contributed by atoms with Gasteiger partial charge in [0.25, 0.3) is 0 Å². The molecule has 1 heterocycles. The minimum atomic E-state index is -5.07. The van der Waals surface area contributed by atoms with Crippen LogP contribution in [0.1, 0.15) is 49.3 Å². The van der Waals surface area contributed by atoms with Crippen LogP contribution in [0.4, 0.5) is 22.0 Å². The molecule has 1 fully saturated rings. The van der Waals surface area contributed by atoms with Gasteiger partial charge in [0.05, 0.1) is 11.1 Å². The zero-order valence-corrected chi connectivity index (χ0v) is 20.2. The second-order valence-corrected chi connectivity index (χ2v) is 9.38. The van der Waals surface area contributed by atoms with Crippen LogP contribution in [0, 0.1) is 17.8 Å². The SMILES string of the molecule is C[C@H](NC(=O)C(F)(F)F)[C@H](Oc1cc2c#[n+]n(-c3ccc(F)cc3)c2cc1C1CCC1)c1ccc(F)cc1. The van der Waals surface area contributed by atoms with E-state index >= 15 is 0 Å². The smallest absolute Gasteiger partial charge is 0.471 e. The van der Waals surface area contributed by atoms with E-state index in [1.807, 2.05) is 11.4 Å². The highest BCUT2D eigenvalue weighted by atomic mass is 19.4. The second-order valence-electron chi connectivity index (χ2n) is 9.38. The molecule has 5 rings (SSSR count). The molecule has 0 radical (unpaired) electrons. The topological polar surface area (TPSA) is 57.4 Å². The van der Waals surface area contributed by atoms with Gasteiger partial charge in [0, 0.05) is 6.07 Å². The van der Waals surface area contributed by atoms with Gasteiger partial charge in [-0.3, -0.25) is 4.79 Å². The number of rotatable bonds is 7. The van der Waals surface area contributed by atoms with Crippen LogP contribution in [0.3, 0.4) is 0 Å². The highest BCUT2D eigenvalue weighted by Gasteiger charge is 2.41. The van der Waals surface area contributed by atoms with Gasteiger partial charge in [0.1, 0.15) is 40.1 Å². The van der Waals surface area contributed by atoms with Crippen LogP contribution in [-0.2, 0) is 4.79 Å². The minimum absolute atomic E-state index is 0.153. The molecule has 4 aromatic rings. The maximum atomic E-state index is 13.6. The first-order valence-corrected chi connectivity index (χ1v) is 12.1. The van der Waals surface area contributed by atoms with Crippen molar-refractivity contribution < 1.29 is 36.6 Å². The number of ether oxygens (including phenoxy) is 1. The quantitative estimate of drug-likeness (QED) is 0.310. The molecule has 1 saturated carbocycles. The van der Waals surface area contributed by atoms with Crippen LogP contribution in [0.2, 0.25) is 0 Å². The van der Waals surface area contributed by atoms with Crippen molar-refractivity contribution in [1.82, 2.24) is 10.00 Å². The van der Waals surface area contributed by atoms with E-state index in [1.54, 1.807) is 22.9 Å². The standard InChI is InChI=1S/C28H22F5N3O2/c1-16(35-27(37)28(31,32)33)26(18-5-7-20(29)8-6-18)38-25-13-19-15-34-36(22-11-9-21(30)10-12-22)24(19)14-23(25)17-3-2-4-17/h5-14,16-17,26H,2-4H2,1H3/p+1/t16-,26-/m0/s1. The summed E-state index contributed by atoms with van der Waals surface area (Å²) < 4.78 is 74.0. The number of hydrogen-bond donors (Lipinski definition) is 1. The van der Waals surface area contributed by atoms with E-state index in [0.29, 0.717) is 27.9 Å². The van der Waals surface area contributed by atoms with Crippen LogP contribution in [0.25, 0.3) is 16.6 Å². The van der Waals surface area contributed by atoms with Crippen molar-refractivity contribution >= 4 is 16.8 Å². The van der Waals surface area contributed by atoms with Crippen molar-refractivity contribution in [2.24, 2.45) is 0 Å². The minimum Gasteiger partial charge on any atom is -0.483 e. The summed E-state index contributed by atoms with van der Waals surface area (Å²) in [6.07, 6.45) is -0.382. The number of benzene rings is 3. The van der Waals surface area contributed by atoms with Crippen LogP contribution in [-0.4, -0.2) is 22.8 Å². The summed E-state index contributed by atoms with van der Waals surface area (Å²) in [5, 5.41) is 6.86. The molecule has 1 N–H and O–H groups in total. The lowest BCUT2D eigenvalue weighted by molar-refractivity contribution is -0.396. The Morgan fingerprint density at radius 2 is 1.68 bits per heavy atom. The predicted molar refractivity (Wildman–Crippen MR) is 128 cm³/mol. The maximum absolute atomic E-state index is 13.6. The first kappa shape index (κ1) is 25.5. The molecule has 2 atom stereocenters. The van der Waals surface area contributed by atoms with E-state index in [4.69, 9.17) is 4.74 Å². The van der Waals surface area contributed by atoms with Gasteiger partial charge in [0.15, 0.2) is 0 Å². The average molecular weight is 529 g/mol. The third-order valence-electron chi connectivity index (χ3n) is 6.77. The fourth-order valence-corrected chi connectivity index (χ4v) is 4.54. The molecule has 196 valence electrons. The van der Waals surface area contributed by atoms with Crippen molar-refractivity contribution in [3.8, 4) is 11.4 Å². The number of nitrogens with one attached hydrogen (secondary N) is 1. The van der Waals surface area contributed by atoms with E-state index < -0.39 is 30.0 Å². The highest BCUT2D eigenvalue weighted by Crippen LogP contribution is 2.43. The van der Waals surface area contributed by atoms with Crippen molar-refractivity contribution in [2.45, 2.75) is 50.4 Å². The summed E-state index contributed by atoms with van der Waals surface area (Å²) in [4.78, 5) is 11.7. The van der Waals surface area contributed by atoms with Crippen LogP contribution < -0.4 is 15.2 Å². The highest BCUT2D eigenvalue weighted by molar-refractivity contribution is 5.82. The van der Waals surface area contributed by atoms with Gasteiger partial charge in [-0.05, 0) is 84.0 Å². The first-order chi connectivity index (χ1) is 18.1. The Bertz CT molecular complexity index is 1440. The Kier molecular flexibility index (Phi) is 6.69. The normalized spacial score (nSPS) is 15.4. The third kappa shape index (κ3) is 5.14.